The lowest BCUT2D eigenvalue weighted by molar-refractivity contribution is 0.620. The number of aromatic nitrogens is 2. The molecule has 0 N–H and O–H groups in total. The lowest BCUT2D eigenvalue weighted by Crippen LogP contribution is -2.10. The molecule has 3 aromatic heterocycles. The normalized spacial score (nSPS) is 11.7. The molecule has 0 amide bonds. The average Bonchev–Trinajstić information content (AvgIpc) is 4.00. The van der Waals surface area contributed by atoms with E-state index < -0.39 is 0 Å². The van der Waals surface area contributed by atoms with Crippen molar-refractivity contribution in [3.05, 3.63) is 212 Å². The Morgan fingerprint density at radius 2 is 0.917 bits per heavy atom. The van der Waals surface area contributed by atoms with Crippen molar-refractivity contribution in [2.75, 3.05) is 4.90 Å². The van der Waals surface area contributed by atoms with Crippen molar-refractivity contribution in [3.8, 4) is 39.4 Å². The average molecular weight is 770 g/mol. The molecule has 12 rings (SSSR count). The summed E-state index contributed by atoms with van der Waals surface area (Å²) in [7, 11) is 0. The Hall–Kier alpha value is -8.15. The van der Waals surface area contributed by atoms with E-state index in [-0.39, 0.29) is 0 Å². The summed E-state index contributed by atoms with van der Waals surface area (Å²) in [5.74, 6) is 0.600. The van der Waals surface area contributed by atoms with Crippen molar-refractivity contribution in [2.24, 2.45) is 0 Å². The number of fused-ring (bicyclic) bond motifs is 7. The van der Waals surface area contributed by atoms with E-state index in [1.165, 1.54) is 27.4 Å². The third-order valence-corrected chi connectivity index (χ3v) is 11.6. The molecule has 0 spiro atoms. The molecule has 0 aliphatic carbocycles. The van der Waals surface area contributed by atoms with Gasteiger partial charge in [0.1, 0.15) is 16.7 Å². The van der Waals surface area contributed by atoms with Gasteiger partial charge in [-0.05, 0) is 107 Å². The van der Waals surface area contributed by atoms with Crippen LogP contribution in [0.2, 0.25) is 0 Å². The summed E-state index contributed by atoms with van der Waals surface area (Å²) in [6.45, 7) is 0. The van der Waals surface area contributed by atoms with Crippen molar-refractivity contribution in [1.82, 2.24) is 9.55 Å². The molecule has 12 aromatic rings. The Kier molecular flexibility index (Phi) is 7.78. The van der Waals surface area contributed by atoms with E-state index in [1.54, 1.807) is 0 Å². The highest BCUT2D eigenvalue weighted by molar-refractivity contribution is 6.11. The van der Waals surface area contributed by atoms with Gasteiger partial charge in [-0.1, -0.05) is 121 Å². The van der Waals surface area contributed by atoms with Crippen LogP contribution in [-0.4, -0.2) is 9.55 Å². The van der Waals surface area contributed by atoms with Crippen molar-refractivity contribution in [2.45, 2.75) is 0 Å². The highest BCUT2D eigenvalue weighted by Crippen LogP contribution is 2.42. The maximum Gasteiger partial charge on any atom is 0.227 e. The number of rotatable bonds is 7. The number of furan rings is 1. The fraction of sp³-hybridized carbons (Fsp3) is 0. The van der Waals surface area contributed by atoms with Crippen LogP contribution < -0.4 is 4.90 Å². The van der Waals surface area contributed by atoms with Gasteiger partial charge in [0.15, 0.2) is 5.58 Å². The zero-order valence-corrected chi connectivity index (χ0v) is 32.4. The Labute approximate surface area is 345 Å². The number of benzene rings is 9. The first-order valence-electron chi connectivity index (χ1n) is 20.2. The highest BCUT2D eigenvalue weighted by Gasteiger charge is 2.19. The molecule has 0 bridgehead atoms. The number of nitrogens with zero attached hydrogens (tertiary/aromatic N) is 3. The van der Waals surface area contributed by atoms with Crippen LogP contribution in [0.5, 0.6) is 0 Å². The Morgan fingerprint density at radius 3 is 1.65 bits per heavy atom. The minimum Gasteiger partial charge on any atom is -0.456 e. The number of para-hydroxylation sites is 2. The second-order valence-electron chi connectivity index (χ2n) is 15.2. The van der Waals surface area contributed by atoms with Gasteiger partial charge >= 0.3 is 0 Å². The lowest BCUT2D eigenvalue weighted by atomic mass is 10.0. The largest absolute Gasteiger partial charge is 0.456 e. The van der Waals surface area contributed by atoms with Gasteiger partial charge in [-0.15, -0.1) is 0 Å². The summed E-state index contributed by atoms with van der Waals surface area (Å²) in [6.07, 6.45) is 0. The predicted octanol–water partition coefficient (Wildman–Crippen LogP) is 15.3. The fourth-order valence-corrected chi connectivity index (χ4v) is 8.72. The van der Waals surface area contributed by atoms with E-state index in [0.29, 0.717) is 5.89 Å². The topological polar surface area (TPSA) is 47.3 Å². The number of hydrogen-bond acceptors (Lipinski definition) is 4. The predicted molar refractivity (Wildman–Crippen MR) is 247 cm³/mol. The Bertz CT molecular complexity index is 3510. The van der Waals surface area contributed by atoms with Crippen LogP contribution in [-0.2, 0) is 0 Å². The van der Waals surface area contributed by atoms with Gasteiger partial charge in [-0.2, -0.15) is 0 Å². The number of oxazole rings is 1. The molecule has 5 heteroatoms. The molecule has 0 atom stereocenters. The van der Waals surface area contributed by atoms with Crippen LogP contribution >= 0.6 is 0 Å². The molecule has 0 fully saturated rings. The van der Waals surface area contributed by atoms with Crippen LogP contribution in [0.15, 0.2) is 221 Å². The number of hydrogen-bond donors (Lipinski definition) is 0. The minimum absolute atomic E-state index is 0.600. The van der Waals surface area contributed by atoms with Gasteiger partial charge in [0.2, 0.25) is 5.89 Å². The molecular weight excluding hydrogens is 735 g/mol. The van der Waals surface area contributed by atoms with Crippen molar-refractivity contribution in [3.63, 3.8) is 0 Å². The number of anilines is 3. The van der Waals surface area contributed by atoms with E-state index in [9.17, 15) is 0 Å². The standard InChI is InChI=1S/C55H35N3O2/c1-4-12-36(13-5-1)37-20-25-42(26-21-37)57(44-29-30-46-45-18-10-11-19-50(45)58(51(46)33-44)41-16-8-3-9-17-41)43-27-22-38(23-28-43)40-24-31-52-47(32-40)48-34-54-49(35-53(48)59-52)56-55(60-54)39-14-6-2-7-15-39/h1-35H. The molecule has 0 unspecified atom stereocenters. The molecule has 3 heterocycles. The van der Waals surface area contributed by atoms with Gasteiger partial charge in [0.05, 0.1) is 11.0 Å². The zero-order valence-electron chi connectivity index (χ0n) is 32.4. The van der Waals surface area contributed by atoms with Gasteiger partial charge in [0, 0.05) is 55.9 Å². The summed E-state index contributed by atoms with van der Waals surface area (Å²) in [6, 6.07) is 74.8. The molecule has 0 aliphatic heterocycles. The monoisotopic (exact) mass is 769 g/mol. The quantitative estimate of drug-likeness (QED) is 0.162. The van der Waals surface area contributed by atoms with Crippen molar-refractivity contribution < 1.29 is 8.83 Å². The van der Waals surface area contributed by atoms with E-state index in [4.69, 9.17) is 13.8 Å². The second kappa shape index (κ2) is 13.8. The van der Waals surface area contributed by atoms with Crippen LogP contribution in [0.25, 0.3) is 94.2 Å². The molecule has 282 valence electrons. The summed E-state index contributed by atoms with van der Waals surface area (Å²) in [4.78, 5) is 7.11. The molecule has 0 radical (unpaired) electrons. The molecule has 60 heavy (non-hydrogen) atoms. The van der Waals surface area contributed by atoms with Gasteiger partial charge in [-0.25, -0.2) is 4.98 Å². The minimum atomic E-state index is 0.600. The SMILES string of the molecule is c1ccc(-c2ccc(N(c3ccc(-c4ccc5oc6cc7nc(-c8ccccc8)oc7cc6c5c4)cc3)c3ccc4c5ccccc5n(-c5ccccc5)c4c3)cc2)cc1. The molecular formula is C55H35N3O2. The zero-order chi connectivity index (χ0) is 39.6. The first-order valence-corrected chi connectivity index (χ1v) is 20.2. The van der Waals surface area contributed by atoms with E-state index in [0.717, 1.165) is 78.0 Å². The first-order chi connectivity index (χ1) is 29.7. The van der Waals surface area contributed by atoms with E-state index >= 15 is 0 Å². The second-order valence-corrected chi connectivity index (χ2v) is 15.2. The van der Waals surface area contributed by atoms with Crippen LogP contribution in [0.1, 0.15) is 0 Å². The van der Waals surface area contributed by atoms with E-state index in [2.05, 4.69) is 185 Å². The Morgan fingerprint density at radius 1 is 0.350 bits per heavy atom. The van der Waals surface area contributed by atoms with Crippen LogP contribution in [0.3, 0.4) is 0 Å². The van der Waals surface area contributed by atoms with Gasteiger partial charge < -0.3 is 18.3 Å². The smallest absolute Gasteiger partial charge is 0.227 e. The molecule has 9 aromatic carbocycles. The summed E-state index contributed by atoms with van der Waals surface area (Å²) in [5, 5.41) is 4.49. The third-order valence-electron chi connectivity index (χ3n) is 11.6. The fourth-order valence-electron chi connectivity index (χ4n) is 8.72. The summed E-state index contributed by atoms with van der Waals surface area (Å²) >= 11 is 0. The lowest BCUT2D eigenvalue weighted by Gasteiger charge is -2.26. The summed E-state index contributed by atoms with van der Waals surface area (Å²) in [5.41, 5.74) is 15.3. The Balaban J connectivity index is 0.960. The van der Waals surface area contributed by atoms with Crippen LogP contribution in [0, 0.1) is 0 Å². The maximum absolute atomic E-state index is 6.35. The molecule has 0 saturated heterocycles. The van der Waals surface area contributed by atoms with E-state index in [1.807, 2.05) is 36.4 Å². The third kappa shape index (κ3) is 5.67. The molecule has 0 saturated carbocycles. The van der Waals surface area contributed by atoms with Crippen LogP contribution in [0.4, 0.5) is 17.1 Å². The summed E-state index contributed by atoms with van der Waals surface area (Å²) < 4.78 is 15.0. The highest BCUT2D eigenvalue weighted by atomic mass is 16.4. The van der Waals surface area contributed by atoms with Gasteiger partial charge in [-0.3, -0.25) is 0 Å². The van der Waals surface area contributed by atoms with Gasteiger partial charge in [0.25, 0.3) is 0 Å². The molecule has 5 nitrogen and oxygen atoms in total. The maximum atomic E-state index is 6.35. The van der Waals surface area contributed by atoms with Crippen molar-refractivity contribution in [1.29, 1.82) is 0 Å². The van der Waals surface area contributed by atoms with Crippen molar-refractivity contribution >= 4 is 71.9 Å². The first kappa shape index (κ1) is 33.9. The molecule has 0 aliphatic rings.